The van der Waals surface area contributed by atoms with Crippen LogP contribution in [0, 0.1) is 5.92 Å². The van der Waals surface area contributed by atoms with Gasteiger partial charge in [0.15, 0.2) is 0 Å². The quantitative estimate of drug-likeness (QED) is 0.814. The molecule has 5 nitrogen and oxygen atoms in total. The molecule has 0 bridgehead atoms. The molecule has 2 rings (SSSR count). The summed E-state index contributed by atoms with van der Waals surface area (Å²) in [7, 11) is -3.46. The largest absolute Gasteiger partial charge is 0.384 e. The lowest BCUT2D eigenvalue weighted by molar-refractivity contribution is 0.538. The summed E-state index contributed by atoms with van der Waals surface area (Å²) in [6.07, 6.45) is 3.59. The lowest BCUT2D eigenvalue weighted by Crippen LogP contribution is -2.34. The first-order chi connectivity index (χ1) is 7.49. The maximum absolute atomic E-state index is 11.9. The Labute approximate surface area is 95.1 Å². The molecule has 1 fully saturated rings. The van der Waals surface area contributed by atoms with E-state index < -0.39 is 10.0 Å². The van der Waals surface area contributed by atoms with Crippen molar-refractivity contribution < 1.29 is 8.42 Å². The van der Waals surface area contributed by atoms with Crippen LogP contribution < -0.4 is 10.5 Å². The van der Waals surface area contributed by atoms with Crippen molar-refractivity contribution in [3.8, 4) is 0 Å². The number of rotatable bonds is 4. The molecule has 1 aromatic rings. The Kier molecular flexibility index (Phi) is 2.86. The summed E-state index contributed by atoms with van der Waals surface area (Å²) < 4.78 is 26.5. The van der Waals surface area contributed by atoms with Crippen molar-refractivity contribution in [1.82, 2.24) is 9.71 Å². The summed E-state index contributed by atoms with van der Waals surface area (Å²) in [6.45, 7) is 1.89. The van der Waals surface area contributed by atoms with Crippen molar-refractivity contribution in [2.24, 2.45) is 5.92 Å². The number of aromatic nitrogens is 1. The van der Waals surface area contributed by atoms with E-state index in [-0.39, 0.29) is 16.8 Å². The number of nitrogens with one attached hydrogen (secondary N) is 1. The predicted octanol–water partition coefficient (Wildman–Crippen LogP) is 0.741. The van der Waals surface area contributed by atoms with Crippen molar-refractivity contribution in [3.63, 3.8) is 0 Å². The average Bonchev–Trinajstić information content (AvgIpc) is 3.00. The third-order valence-electron chi connectivity index (χ3n) is 2.73. The van der Waals surface area contributed by atoms with Crippen LogP contribution in [-0.2, 0) is 10.0 Å². The molecular weight excluding hydrogens is 226 g/mol. The highest BCUT2D eigenvalue weighted by Gasteiger charge is 2.31. The zero-order chi connectivity index (χ0) is 11.8. The molecule has 6 heteroatoms. The van der Waals surface area contributed by atoms with Crippen LogP contribution in [0.5, 0.6) is 0 Å². The summed E-state index contributed by atoms with van der Waals surface area (Å²) in [5.74, 6) is 0.691. The fourth-order valence-electron chi connectivity index (χ4n) is 1.60. The first kappa shape index (κ1) is 11.3. The van der Waals surface area contributed by atoms with Crippen molar-refractivity contribution in [3.05, 3.63) is 18.3 Å². The van der Waals surface area contributed by atoms with Gasteiger partial charge in [0.2, 0.25) is 10.0 Å². The highest BCUT2D eigenvalue weighted by molar-refractivity contribution is 7.89. The number of pyridine rings is 1. The summed E-state index contributed by atoms with van der Waals surface area (Å²) in [5.41, 5.74) is 5.45. The molecule has 3 N–H and O–H groups in total. The van der Waals surface area contributed by atoms with Crippen LogP contribution >= 0.6 is 0 Å². The van der Waals surface area contributed by atoms with E-state index in [9.17, 15) is 8.42 Å². The second-order valence-electron chi connectivity index (χ2n) is 4.16. The average molecular weight is 241 g/mol. The third-order valence-corrected chi connectivity index (χ3v) is 4.29. The molecule has 16 heavy (non-hydrogen) atoms. The SMILES string of the molecule is CC(NS(=O)(=O)c1ccnc(N)c1)C1CC1. The normalized spacial score (nSPS) is 18.3. The molecule has 1 aromatic heterocycles. The molecule has 0 aromatic carbocycles. The monoisotopic (exact) mass is 241 g/mol. The summed E-state index contributed by atoms with van der Waals surface area (Å²) in [6, 6.07) is 2.79. The van der Waals surface area contributed by atoms with E-state index in [2.05, 4.69) is 9.71 Å². The Bertz CT molecular complexity index is 483. The number of sulfonamides is 1. The van der Waals surface area contributed by atoms with Crippen molar-refractivity contribution in [1.29, 1.82) is 0 Å². The highest BCUT2D eigenvalue weighted by atomic mass is 32.2. The molecule has 1 saturated carbocycles. The van der Waals surface area contributed by atoms with Crippen LogP contribution in [-0.4, -0.2) is 19.4 Å². The van der Waals surface area contributed by atoms with Crippen LogP contribution in [0.1, 0.15) is 19.8 Å². The minimum Gasteiger partial charge on any atom is -0.384 e. The smallest absolute Gasteiger partial charge is 0.241 e. The molecule has 0 radical (unpaired) electrons. The Morgan fingerprint density at radius 1 is 1.56 bits per heavy atom. The molecule has 1 aliphatic rings. The Morgan fingerprint density at radius 3 is 2.81 bits per heavy atom. The second-order valence-corrected chi connectivity index (χ2v) is 5.88. The summed E-state index contributed by atoms with van der Waals surface area (Å²) in [4.78, 5) is 3.94. The number of nitrogens with zero attached hydrogens (tertiary/aromatic N) is 1. The Balaban J connectivity index is 2.17. The van der Waals surface area contributed by atoms with E-state index >= 15 is 0 Å². The molecular formula is C10H15N3O2S. The first-order valence-corrected chi connectivity index (χ1v) is 6.71. The second kappa shape index (κ2) is 4.03. The van der Waals surface area contributed by atoms with Gasteiger partial charge >= 0.3 is 0 Å². The number of hydrogen-bond acceptors (Lipinski definition) is 4. The molecule has 1 aliphatic carbocycles. The molecule has 1 heterocycles. The van der Waals surface area contributed by atoms with Gasteiger partial charge in [-0.05, 0) is 31.7 Å². The van der Waals surface area contributed by atoms with Gasteiger partial charge in [-0.1, -0.05) is 0 Å². The highest BCUT2D eigenvalue weighted by Crippen LogP contribution is 2.33. The first-order valence-electron chi connectivity index (χ1n) is 5.23. The van der Waals surface area contributed by atoms with E-state index in [1.165, 1.54) is 18.3 Å². The van der Waals surface area contributed by atoms with Crippen molar-refractivity contribution in [2.75, 3.05) is 5.73 Å². The van der Waals surface area contributed by atoms with Gasteiger partial charge in [0.05, 0.1) is 4.90 Å². The summed E-state index contributed by atoms with van der Waals surface area (Å²) >= 11 is 0. The molecule has 0 spiro atoms. The predicted molar refractivity (Wildman–Crippen MR) is 61.2 cm³/mol. The van der Waals surface area contributed by atoms with Gasteiger partial charge in [-0.3, -0.25) is 0 Å². The third kappa shape index (κ3) is 2.51. The lowest BCUT2D eigenvalue weighted by atomic mass is 10.2. The van der Waals surface area contributed by atoms with Gasteiger partial charge in [-0.25, -0.2) is 18.1 Å². The van der Waals surface area contributed by atoms with E-state index in [4.69, 9.17) is 5.73 Å². The van der Waals surface area contributed by atoms with Gasteiger partial charge in [0.1, 0.15) is 5.82 Å². The van der Waals surface area contributed by atoms with E-state index in [0.717, 1.165) is 12.8 Å². The standard InChI is InChI=1S/C10H15N3O2S/c1-7(8-2-3-8)13-16(14,15)9-4-5-12-10(11)6-9/h4-8,13H,2-3H2,1H3,(H2,11,12). The zero-order valence-electron chi connectivity index (χ0n) is 9.05. The van der Waals surface area contributed by atoms with E-state index in [1.807, 2.05) is 6.92 Å². The maximum atomic E-state index is 11.9. The van der Waals surface area contributed by atoms with Crippen molar-refractivity contribution >= 4 is 15.8 Å². The number of anilines is 1. The van der Waals surface area contributed by atoms with Gasteiger partial charge in [-0.15, -0.1) is 0 Å². The fourth-order valence-corrected chi connectivity index (χ4v) is 2.93. The topological polar surface area (TPSA) is 85.1 Å². The van der Waals surface area contributed by atoms with Crippen LogP contribution in [0.2, 0.25) is 0 Å². The molecule has 1 unspecified atom stereocenters. The summed E-state index contributed by atoms with van der Waals surface area (Å²) in [5, 5.41) is 0. The number of nitrogen functional groups attached to an aromatic ring is 1. The molecule has 1 atom stereocenters. The Morgan fingerprint density at radius 2 is 2.25 bits per heavy atom. The Hall–Kier alpha value is -1.14. The minimum atomic E-state index is -3.46. The molecule has 0 amide bonds. The van der Waals surface area contributed by atoms with Gasteiger partial charge in [-0.2, -0.15) is 0 Å². The van der Waals surface area contributed by atoms with Crippen LogP contribution in [0.15, 0.2) is 23.2 Å². The van der Waals surface area contributed by atoms with Gasteiger partial charge < -0.3 is 5.73 Å². The lowest BCUT2D eigenvalue weighted by Gasteiger charge is -2.13. The molecule has 0 saturated heterocycles. The number of hydrogen-bond donors (Lipinski definition) is 2. The van der Waals surface area contributed by atoms with Gasteiger partial charge in [0.25, 0.3) is 0 Å². The maximum Gasteiger partial charge on any atom is 0.241 e. The van der Waals surface area contributed by atoms with E-state index in [0.29, 0.717) is 5.92 Å². The van der Waals surface area contributed by atoms with E-state index in [1.54, 1.807) is 0 Å². The number of nitrogens with two attached hydrogens (primary N) is 1. The molecule has 88 valence electrons. The fraction of sp³-hybridized carbons (Fsp3) is 0.500. The minimum absolute atomic E-state index is 0.0145. The van der Waals surface area contributed by atoms with Crippen LogP contribution in [0.25, 0.3) is 0 Å². The zero-order valence-corrected chi connectivity index (χ0v) is 9.87. The van der Waals surface area contributed by atoms with Crippen LogP contribution in [0.3, 0.4) is 0 Å². The van der Waals surface area contributed by atoms with Gasteiger partial charge in [0, 0.05) is 18.3 Å². The van der Waals surface area contributed by atoms with Crippen molar-refractivity contribution in [2.45, 2.75) is 30.7 Å². The van der Waals surface area contributed by atoms with Crippen LogP contribution in [0.4, 0.5) is 5.82 Å². The molecule has 0 aliphatic heterocycles.